The molecule has 1 heterocycles. The first-order chi connectivity index (χ1) is 3.63. The van der Waals surface area contributed by atoms with Gasteiger partial charge in [-0.05, 0) is 30.2 Å². The molecule has 0 amide bonds. The average molecular weight is 128 g/mol. The van der Waals surface area contributed by atoms with Crippen LogP contribution in [0.3, 0.4) is 0 Å². The van der Waals surface area contributed by atoms with Crippen molar-refractivity contribution in [1.29, 1.82) is 0 Å². The van der Waals surface area contributed by atoms with Gasteiger partial charge in [0.25, 0.3) is 0 Å². The van der Waals surface area contributed by atoms with Crippen molar-refractivity contribution in [2.75, 3.05) is 6.16 Å². The van der Waals surface area contributed by atoms with Gasteiger partial charge in [-0.15, -0.1) is 8.20 Å². The molecule has 0 radical (unpaired) electrons. The summed E-state index contributed by atoms with van der Waals surface area (Å²) in [6, 6.07) is 0. The van der Waals surface area contributed by atoms with Crippen molar-refractivity contribution < 1.29 is 0 Å². The Balaban J connectivity index is 2.73. The van der Waals surface area contributed by atoms with Crippen LogP contribution in [0.15, 0.2) is 0 Å². The Hall–Kier alpha value is 0.170. The molecule has 0 nitrogen and oxygen atoms in total. The Kier molecular flexibility index (Phi) is 1.45. The summed E-state index contributed by atoms with van der Waals surface area (Å²) in [5, 5.41) is 1.66. The second kappa shape index (κ2) is 1.84. The first kappa shape index (κ1) is 6.29. The van der Waals surface area contributed by atoms with Crippen molar-refractivity contribution in [3.63, 3.8) is 0 Å². The van der Waals surface area contributed by atoms with Crippen LogP contribution >= 0.6 is 8.20 Å². The fraction of sp³-hybridized carbons (Fsp3) is 0.857. The van der Waals surface area contributed by atoms with E-state index in [0.29, 0.717) is 5.41 Å². The van der Waals surface area contributed by atoms with E-state index in [4.69, 9.17) is 0 Å². The third kappa shape index (κ3) is 0.951. The van der Waals surface area contributed by atoms with E-state index in [1.54, 1.807) is 13.5 Å². The fourth-order valence-corrected chi connectivity index (χ4v) is 2.44. The van der Waals surface area contributed by atoms with Crippen molar-refractivity contribution in [2.45, 2.75) is 27.2 Å². The van der Waals surface area contributed by atoms with Crippen molar-refractivity contribution >= 4 is 13.5 Å². The van der Waals surface area contributed by atoms with Crippen LogP contribution in [0, 0.1) is 5.41 Å². The van der Waals surface area contributed by atoms with Crippen molar-refractivity contribution in [3.05, 3.63) is 0 Å². The van der Waals surface area contributed by atoms with Gasteiger partial charge in [0.15, 0.2) is 0 Å². The van der Waals surface area contributed by atoms with Crippen LogP contribution in [-0.4, -0.2) is 11.5 Å². The molecule has 0 saturated heterocycles. The second-order valence-electron chi connectivity index (χ2n) is 3.10. The molecule has 0 aromatic rings. The van der Waals surface area contributed by atoms with E-state index < -0.39 is 0 Å². The Bertz CT molecular complexity index is 122. The first-order valence-electron chi connectivity index (χ1n) is 3.14. The predicted molar refractivity (Wildman–Crippen MR) is 40.9 cm³/mol. The molecule has 0 spiro atoms. The van der Waals surface area contributed by atoms with Gasteiger partial charge in [0, 0.05) is 0 Å². The Morgan fingerprint density at radius 2 is 2.12 bits per heavy atom. The van der Waals surface area contributed by atoms with E-state index in [-0.39, 0.29) is 0 Å². The lowest BCUT2D eigenvalue weighted by molar-refractivity contribution is 0.521. The minimum atomic E-state index is 0.557. The molecule has 0 bridgehead atoms. The van der Waals surface area contributed by atoms with Crippen LogP contribution in [0.25, 0.3) is 0 Å². The van der Waals surface area contributed by atoms with Crippen LogP contribution in [0.4, 0.5) is 0 Å². The minimum Gasteiger partial charge on any atom is -0.105 e. The molecule has 0 fully saturated rings. The summed E-state index contributed by atoms with van der Waals surface area (Å²) >= 11 is 0. The highest BCUT2D eigenvalue weighted by molar-refractivity contribution is 7.41. The van der Waals surface area contributed by atoms with Crippen LogP contribution in [0.5, 0.6) is 0 Å². The maximum atomic E-state index is 2.34. The first-order valence-corrected chi connectivity index (χ1v) is 4.22. The lowest BCUT2D eigenvalue weighted by Gasteiger charge is -2.17. The van der Waals surface area contributed by atoms with Crippen LogP contribution < -0.4 is 0 Å². The normalized spacial score (nSPS) is 27.6. The molecule has 0 atom stereocenters. The Morgan fingerprint density at radius 3 is 2.25 bits per heavy atom. The Labute approximate surface area is 53.1 Å². The van der Waals surface area contributed by atoms with Gasteiger partial charge in [0.2, 0.25) is 0 Å². The lowest BCUT2D eigenvalue weighted by Crippen LogP contribution is -2.15. The lowest BCUT2D eigenvalue weighted by atomic mass is 9.88. The zero-order valence-electron chi connectivity index (χ0n) is 5.86. The summed E-state index contributed by atoms with van der Waals surface area (Å²) in [4.78, 5) is 0. The second-order valence-corrected chi connectivity index (χ2v) is 4.54. The largest absolute Gasteiger partial charge is 0.105 e. The van der Waals surface area contributed by atoms with Gasteiger partial charge >= 0.3 is 0 Å². The smallest absolute Gasteiger partial charge is 0.00980 e. The summed E-state index contributed by atoms with van der Waals surface area (Å²) < 4.78 is 0. The molecule has 0 unspecified atom stereocenters. The topological polar surface area (TPSA) is 0 Å². The standard InChI is InChI=1S/C7H13P/c1-6-7(2,3)4-5-8-6/h4-5H2,1-3H3. The summed E-state index contributed by atoms with van der Waals surface area (Å²) in [6.45, 7) is 6.94. The third-order valence-corrected chi connectivity index (χ3v) is 3.59. The number of hydrogen-bond acceptors (Lipinski definition) is 0. The molecule has 1 aliphatic heterocycles. The van der Waals surface area contributed by atoms with Gasteiger partial charge in [-0.25, -0.2) is 0 Å². The monoisotopic (exact) mass is 128 g/mol. The van der Waals surface area contributed by atoms with Gasteiger partial charge in [-0.2, -0.15) is 0 Å². The van der Waals surface area contributed by atoms with Gasteiger partial charge in [-0.3, -0.25) is 0 Å². The summed E-state index contributed by atoms with van der Waals surface area (Å²) in [6.07, 6.45) is 2.78. The third-order valence-electron chi connectivity index (χ3n) is 2.07. The maximum absolute atomic E-state index is 2.34. The molecule has 0 aromatic heterocycles. The van der Waals surface area contributed by atoms with E-state index in [2.05, 4.69) is 20.8 Å². The molecule has 46 valence electrons. The molecule has 0 N–H and O–H groups in total. The molecule has 8 heavy (non-hydrogen) atoms. The van der Waals surface area contributed by atoms with Gasteiger partial charge in [0.1, 0.15) is 0 Å². The molecule has 1 rings (SSSR count). The van der Waals surface area contributed by atoms with Gasteiger partial charge in [-0.1, -0.05) is 13.8 Å². The number of hydrogen-bond donors (Lipinski definition) is 0. The highest BCUT2D eigenvalue weighted by Gasteiger charge is 2.23. The molecular weight excluding hydrogens is 115 g/mol. The maximum Gasteiger partial charge on any atom is -0.00980 e. The Morgan fingerprint density at radius 1 is 1.50 bits per heavy atom. The summed E-state index contributed by atoms with van der Waals surface area (Å²) in [5.74, 6) is 0. The molecule has 0 saturated carbocycles. The van der Waals surface area contributed by atoms with E-state index in [0.717, 1.165) is 0 Å². The highest BCUT2D eigenvalue weighted by atomic mass is 31.1. The van der Waals surface area contributed by atoms with Crippen LogP contribution in [0.2, 0.25) is 0 Å². The van der Waals surface area contributed by atoms with E-state index >= 15 is 0 Å². The van der Waals surface area contributed by atoms with E-state index in [1.165, 1.54) is 12.6 Å². The SMILES string of the molecule is CC1=PCCC1(C)C. The van der Waals surface area contributed by atoms with Gasteiger partial charge < -0.3 is 0 Å². The predicted octanol–water partition coefficient (Wildman–Crippen LogP) is 2.55. The number of rotatable bonds is 0. The summed E-state index contributed by atoms with van der Waals surface area (Å²) in [5.41, 5.74) is 0.557. The zero-order chi connectivity index (χ0) is 6.20. The molecule has 1 heteroatoms. The van der Waals surface area contributed by atoms with E-state index in [1.807, 2.05) is 0 Å². The molecule has 1 aliphatic rings. The van der Waals surface area contributed by atoms with E-state index in [9.17, 15) is 0 Å². The van der Waals surface area contributed by atoms with Crippen LogP contribution in [-0.2, 0) is 0 Å². The molecule has 0 aliphatic carbocycles. The van der Waals surface area contributed by atoms with Crippen molar-refractivity contribution in [3.8, 4) is 0 Å². The minimum absolute atomic E-state index is 0.557. The quantitative estimate of drug-likeness (QED) is 0.440. The molecular formula is C7H13P. The summed E-state index contributed by atoms with van der Waals surface area (Å²) in [7, 11) is 1.59. The van der Waals surface area contributed by atoms with Gasteiger partial charge in [0.05, 0.1) is 0 Å². The molecule has 0 aromatic carbocycles. The fourth-order valence-electron chi connectivity index (χ4n) is 0.898. The van der Waals surface area contributed by atoms with Crippen molar-refractivity contribution in [1.82, 2.24) is 0 Å². The van der Waals surface area contributed by atoms with Crippen molar-refractivity contribution in [2.24, 2.45) is 5.41 Å². The zero-order valence-corrected chi connectivity index (χ0v) is 6.76. The highest BCUT2D eigenvalue weighted by Crippen LogP contribution is 2.34. The van der Waals surface area contributed by atoms with Crippen LogP contribution in [0.1, 0.15) is 27.2 Å². The average Bonchev–Trinajstić information content (AvgIpc) is 1.86.